The summed E-state index contributed by atoms with van der Waals surface area (Å²) in [5.74, 6) is 0.712. The van der Waals surface area contributed by atoms with Gasteiger partial charge in [0, 0.05) is 0 Å². The van der Waals surface area contributed by atoms with Gasteiger partial charge in [-0.1, -0.05) is 12.1 Å². The summed E-state index contributed by atoms with van der Waals surface area (Å²) in [7, 11) is -3.42. The average molecular weight is 244 g/mol. The van der Waals surface area contributed by atoms with Gasteiger partial charge in [0.1, 0.15) is 18.5 Å². The normalized spacial score (nSPS) is 13.4. The molecule has 0 aliphatic carbocycles. The monoisotopic (exact) mass is 244 g/mol. The molecule has 1 rings (SSSR count). The molecule has 1 aromatic carbocycles. The molecule has 1 unspecified atom stereocenters. The summed E-state index contributed by atoms with van der Waals surface area (Å²) in [6, 6.07) is 7.55. The first-order valence-electron chi connectivity index (χ1n) is 4.94. The van der Waals surface area contributed by atoms with Crippen molar-refractivity contribution in [2.75, 3.05) is 12.9 Å². The van der Waals surface area contributed by atoms with Crippen LogP contribution < -0.4 is 4.74 Å². The van der Waals surface area contributed by atoms with Gasteiger partial charge in [-0.05, 0) is 31.5 Å². The van der Waals surface area contributed by atoms with Gasteiger partial charge in [-0.25, -0.2) is 0 Å². The van der Waals surface area contributed by atoms with Crippen LogP contribution in [0.15, 0.2) is 24.3 Å². The summed E-state index contributed by atoms with van der Waals surface area (Å²) in [5, 5.41) is 0. The molecule has 0 saturated heterocycles. The van der Waals surface area contributed by atoms with Crippen LogP contribution in [0.25, 0.3) is 0 Å². The first-order valence-corrected chi connectivity index (χ1v) is 6.76. The number of rotatable bonds is 5. The van der Waals surface area contributed by atoms with Crippen molar-refractivity contribution < 1.29 is 17.3 Å². The van der Waals surface area contributed by atoms with Gasteiger partial charge in [-0.15, -0.1) is 0 Å². The van der Waals surface area contributed by atoms with Crippen LogP contribution in [0.3, 0.4) is 0 Å². The van der Waals surface area contributed by atoms with Crippen LogP contribution in [-0.4, -0.2) is 27.4 Å². The molecule has 90 valence electrons. The van der Waals surface area contributed by atoms with Crippen molar-refractivity contribution in [2.45, 2.75) is 20.0 Å². The van der Waals surface area contributed by atoms with Gasteiger partial charge in [-0.2, -0.15) is 8.42 Å². The van der Waals surface area contributed by atoms with Crippen LogP contribution in [0.2, 0.25) is 0 Å². The predicted molar refractivity (Wildman–Crippen MR) is 62.1 cm³/mol. The second kappa shape index (κ2) is 5.32. The van der Waals surface area contributed by atoms with Gasteiger partial charge < -0.3 is 4.74 Å². The largest absolute Gasteiger partial charge is 0.491 e. The molecule has 0 aromatic heterocycles. The quantitative estimate of drug-likeness (QED) is 0.740. The fraction of sp³-hybridized carbons (Fsp3) is 0.455. The number of hydrogen-bond acceptors (Lipinski definition) is 4. The number of aryl methyl sites for hydroxylation is 1. The van der Waals surface area contributed by atoms with Gasteiger partial charge in [0.15, 0.2) is 0 Å². The molecule has 4 nitrogen and oxygen atoms in total. The van der Waals surface area contributed by atoms with Crippen LogP contribution in [0, 0.1) is 6.92 Å². The summed E-state index contributed by atoms with van der Waals surface area (Å²) in [5.41, 5.74) is 1.09. The van der Waals surface area contributed by atoms with Crippen LogP contribution >= 0.6 is 0 Å². The molecule has 5 heteroatoms. The molecule has 1 atom stereocenters. The first kappa shape index (κ1) is 13.0. The number of ether oxygens (including phenoxy) is 1. The van der Waals surface area contributed by atoms with E-state index >= 15 is 0 Å². The Hall–Kier alpha value is -1.07. The maximum atomic E-state index is 10.8. The van der Waals surface area contributed by atoms with Crippen molar-refractivity contribution >= 4 is 10.1 Å². The second-order valence-corrected chi connectivity index (χ2v) is 5.34. The van der Waals surface area contributed by atoms with Crippen molar-refractivity contribution in [3.63, 3.8) is 0 Å². The van der Waals surface area contributed by atoms with E-state index in [0.717, 1.165) is 11.8 Å². The maximum Gasteiger partial charge on any atom is 0.264 e. The third kappa shape index (κ3) is 5.14. The smallest absolute Gasteiger partial charge is 0.264 e. The van der Waals surface area contributed by atoms with Crippen LogP contribution in [0.1, 0.15) is 12.5 Å². The minimum atomic E-state index is -3.42. The van der Waals surface area contributed by atoms with Crippen LogP contribution in [-0.2, 0) is 14.3 Å². The minimum absolute atomic E-state index is 0.205. The standard InChI is InChI=1S/C11H16O4S/c1-9-5-4-6-11(7-9)14-8-10(2)15-16(3,12)13/h4-7,10H,8H2,1-3H3. The van der Waals surface area contributed by atoms with Crippen molar-refractivity contribution in [1.29, 1.82) is 0 Å². The summed E-state index contributed by atoms with van der Waals surface area (Å²) in [6.07, 6.45) is 0.534. The summed E-state index contributed by atoms with van der Waals surface area (Å²) < 4.78 is 31.8. The molecule has 0 fully saturated rings. The van der Waals surface area contributed by atoms with Crippen LogP contribution in [0.4, 0.5) is 0 Å². The molecule has 0 radical (unpaired) electrons. The highest BCUT2D eigenvalue weighted by molar-refractivity contribution is 7.86. The Morgan fingerprint density at radius 3 is 2.62 bits per heavy atom. The predicted octanol–water partition coefficient (Wildman–Crippen LogP) is 1.74. The van der Waals surface area contributed by atoms with Crippen molar-refractivity contribution in [3.05, 3.63) is 29.8 Å². The molecule has 0 aliphatic heterocycles. The average Bonchev–Trinajstić information content (AvgIpc) is 2.12. The fourth-order valence-corrected chi connectivity index (χ4v) is 1.90. The lowest BCUT2D eigenvalue weighted by atomic mass is 10.2. The molecule has 0 aliphatic rings. The van der Waals surface area contributed by atoms with Gasteiger partial charge in [0.2, 0.25) is 0 Å². The molecule has 0 bridgehead atoms. The molecule has 0 heterocycles. The molecule has 0 N–H and O–H groups in total. The van der Waals surface area contributed by atoms with Crippen LogP contribution in [0.5, 0.6) is 5.75 Å². The summed E-state index contributed by atoms with van der Waals surface area (Å²) in [4.78, 5) is 0. The highest BCUT2D eigenvalue weighted by Crippen LogP contribution is 2.13. The zero-order valence-electron chi connectivity index (χ0n) is 9.64. The molecule has 16 heavy (non-hydrogen) atoms. The third-order valence-corrected chi connectivity index (χ3v) is 2.49. The van der Waals surface area contributed by atoms with E-state index in [2.05, 4.69) is 0 Å². The van der Waals surface area contributed by atoms with E-state index in [9.17, 15) is 8.42 Å². The van der Waals surface area contributed by atoms with Crippen molar-refractivity contribution in [1.82, 2.24) is 0 Å². The van der Waals surface area contributed by atoms with Crippen molar-refractivity contribution in [3.8, 4) is 5.75 Å². The van der Waals surface area contributed by atoms with E-state index < -0.39 is 16.2 Å². The van der Waals surface area contributed by atoms with E-state index in [1.165, 1.54) is 0 Å². The summed E-state index contributed by atoms with van der Waals surface area (Å²) >= 11 is 0. The topological polar surface area (TPSA) is 52.6 Å². The molecule has 1 aromatic rings. The lowest BCUT2D eigenvalue weighted by molar-refractivity contribution is 0.150. The lowest BCUT2D eigenvalue weighted by Crippen LogP contribution is -2.21. The highest BCUT2D eigenvalue weighted by atomic mass is 32.2. The Kier molecular flexibility index (Phi) is 4.32. The maximum absolute atomic E-state index is 10.8. The number of benzene rings is 1. The molecule has 0 spiro atoms. The third-order valence-electron chi connectivity index (χ3n) is 1.81. The molecule has 0 amide bonds. The Balaban J connectivity index is 2.46. The Labute approximate surface area is 96.3 Å². The van der Waals surface area contributed by atoms with Gasteiger partial charge in [0.25, 0.3) is 10.1 Å². The van der Waals surface area contributed by atoms with Gasteiger partial charge in [-0.3, -0.25) is 4.18 Å². The molecular formula is C11H16O4S. The Morgan fingerprint density at radius 1 is 1.38 bits per heavy atom. The minimum Gasteiger partial charge on any atom is -0.491 e. The van der Waals surface area contributed by atoms with Gasteiger partial charge >= 0.3 is 0 Å². The van der Waals surface area contributed by atoms with E-state index in [1.54, 1.807) is 6.92 Å². The fourth-order valence-electron chi connectivity index (χ4n) is 1.24. The first-order chi connectivity index (χ1) is 7.37. The summed E-state index contributed by atoms with van der Waals surface area (Å²) in [6.45, 7) is 3.82. The van der Waals surface area contributed by atoms with E-state index in [0.29, 0.717) is 5.75 Å². The lowest BCUT2D eigenvalue weighted by Gasteiger charge is -2.12. The highest BCUT2D eigenvalue weighted by Gasteiger charge is 2.10. The van der Waals surface area contributed by atoms with Gasteiger partial charge in [0.05, 0.1) is 6.26 Å². The Morgan fingerprint density at radius 2 is 2.06 bits per heavy atom. The second-order valence-electron chi connectivity index (χ2n) is 3.74. The SMILES string of the molecule is Cc1cccc(OCC(C)OS(C)(=O)=O)c1. The molecule has 0 saturated carbocycles. The molecular weight excluding hydrogens is 228 g/mol. The zero-order chi connectivity index (χ0) is 12.2. The van der Waals surface area contributed by atoms with E-state index in [4.69, 9.17) is 8.92 Å². The van der Waals surface area contributed by atoms with Crippen molar-refractivity contribution in [2.24, 2.45) is 0 Å². The Bertz CT molecular complexity index is 439. The van der Waals surface area contributed by atoms with E-state index in [1.807, 2.05) is 31.2 Å². The van der Waals surface area contributed by atoms with E-state index in [-0.39, 0.29) is 6.61 Å². The zero-order valence-corrected chi connectivity index (χ0v) is 10.5. The number of hydrogen-bond donors (Lipinski definition) is 0.